The Morgan fingerprint density at radius 2 is 1.85 bits per heavy atom. The summed E-state index contributed by atoms with van der Waals surface area (Å²) in [5, 5.41) is 5.98. The van der Waals surface area contributed by atoms with Gasteiger partial charge < -0.3 is 10.6 Å². The van der Waals surface area contributed by atoms with E-state index in [-0.39, 0.29) is 11.7 Å². The third kappa shape index (κ3) is 3.95. The molecular formula is C16H23FN2O. The highest BCUT2D eigenvalue weighted by atomic mass is 19.1. The van der Waals surface area contributed by atoms with Crippen molar-refractivity contribution in [3.63, 3.8) is 0 Å². The van der Waals surface area contributed by atoms with Crippen LogP contribution in [0.5, 0.6) is 0 Å². The van der Waals surface area contributed by atoms with Gasteiger partial charge in [0, 0.05) is 18.7 Å². The summed E-state index contributed by atoms with van der Waals surface area (Å²) >= 11 is 0. The highest BCUT2D eigenvalue weighted by Gasteiger charge is 2.24. The summed E-state index contributed by atoms with van der Waals surface area (Å²) in [5.41, 5.74) is 1.10. The lowest BCUT2D eigenvalue weighted by atomic mass is 9.80. The topological polar surface area (TPSA) is 41.1 Å². The Kier molecular flexibility index (Phi) is 4.63. The molecule has 1 fully saturated rings. The molecule has 2 unspecified atom stereocenters. The van der Waals surface area contributed by atoms with Crippen LogP contribution in [0.2, 0.25) is 0 Å². The Hall–Kier alpha value is -1.58. The van der Waals surface area contributed by atoms with Crippen LogP contribution < -0.4 is 10.6 Å². The van der Waals surface area contributed by atoms with Crippen LogP contribution >= 0.6 is 0 Å². The Bertz CT molecular complexity index is 479. The van der Waals surface area contributed by atoms with E-state index in [1.165, 1.54) is 19.4 Å². The first-order chi connectivity index (χ1) is 9.44. The van der Waals surface area contributed by atoms with Gasteiger partial charge in [0.25, 0.3) is 0 Å². The zero-order valence-corrected chi connectivity index (χ0v) is 12.4. The first kappa shape index (κ1) is 14.8. The molecule has 3 nitrogen and oxygen atoms in total. The molecule has 1 aliphatic carbocycles. The molecule has 1 saturated carbocycles. The Labute approximate surface area is 120 Å². The summed E-state index contributed by atoms with van der Waals surface area (Å²) in [4.78, 5) is 11.1. The number of hydrogen-bond acceptors (Lipinski definition) is 2. The number of hydrogen-bond donors (Lipinski definition) is 2. The van der Waals surface area contributed by atoms with E-state index in [2.05, 4.69) is 24.5 Å². The lowest BCUT2D eigenvalue weighted by Crippen LogP contribution is -2.30. The van der Waals surface area contributed by atoms with Gasteiger partial charge in [-0.2, -0.15) is 0 Å². The van der Waals surface area contributed by atoms with E-state index in [4.69, 9.17) is 0 Å². The molecule has 1 aromatic carbocycles. The molecule has 0 aliphatic heterocycles. The van der Waals surface area contributed by atoms with Crippen molar-refractivity contribution in [3.05, 3.63) is 24.0 Å². The van der Waals surface area contributed by atoms with Gasteiger partial charge in [-0.1, -0.05) is 13.8 Å². The highest BCUT2D eigenvalue weighted by molar-refractivity contribution is 5.89. The smallest absolute Gasteiger partial charge is 0.221 e. The normalized spacial score (nSPS) is 26.1. The van der Waals surface area contributed by atoms with Gasteiger partial charge in [0.15, 0.2) is 0 Å². The van der Waals surface area contributed by atoms with Crippen LogP contribution in [-0.2, 0) is 4.79 Å². The van der Waals surface area contributed by atoms with Crippen molar-refractivity contribution >= 4 is 17.3 Å². The number of anilines is 2. The van der Waals surface area contributed by atoms with E-state index in [0.29, 0.717) is 29.3 Å². The standard InChI is InChI=1S/C16H23FN2O/c1-10-6-11(2)8-14(7-10)19-16-9-13(18-12(3)20)4-5-15(16)17/h4-5,9-11,14,19H,6-8H2,1-3H3,(H,18,20). The Morgan fingerprint density at radius 1 is 1.20 bits per heavy atom. The van der Waals surface area contributed by atoms with E-state index in [1.54, 1.807) is 12.1 Å². The minimum absolute atomic E-state index is 0.150. The van der Waals surface area contributed by atoms with Gasteiger partial charge in [-0.3, -0.25) is 4.79 Å². The van der Waals surface area contributed by atoms with Crippen molar-refractivity contribution < 1.29 is 9.18 Å². The molecule has 2 N–H and O–H groups in total. The number of halogens is 1. The zero-order valence-electron chi connectivity index (χ0n) is 12.4. The maximum absolute atomic E-state index is 13.9. The quantitative estimate of drug-likeness (QED) is 0.876. The fraction of sp³-hybridized carbons (Fsp3) is 0.562. The van der Waals surface area contributed by atoms with E-state index < -0.39 is 0 Å². The second-order valence-electron chi connectivity index (χ2n) is 6.13. The predicted molar refractivity (Wildman–Crippen MR) is 80.3 cm³/mol. The molecule has 20 heavy (non-hydrogen) atoms. The molecule has 2 atom stereocenters. The van der Waals surface area contributed by atoms with Crippen LogP contribution in [0.1, 0.15) is 40.0 Å². The maximum Gasteiger partial charge on any atom is 0.221 e. The number of nitrogens with one attached hydrogen (secondary N) is 2. The number of carbonyl (C=O) groups is 1. The summed E-state index contributed by atoms with van der Waals surface area (Å²) < 4.78 is 13.9. The third-order valence-electron chi connectivity index (χ3n) is 3.82. The van der Waals surface area contributed by atoms with Crippen LogP contribution in [0.15, 0.2) is 18.2 Å². The fourth-order valence-electron chi connectivity index (χ4n) is 3.20. The van der Waals surface area contributed by atoms with Crippen LogP contribution in [0.4, 0.5) is 15.8 Å². The molecule has 4 heteroatoms. The van der Waals surface area contributed by atoms with Gasteiger partial charge in [0.1, 0.15) is 5.82 Å². The molecule has 1 aromatic rings. The van der Waals surface area contributed by atoms with E-state index in [1.807, 2.05) is 0 Å². The SMILES string of the molecule is CC(=O)Nc1ccc(F)c(NC2CC(C)CC(C)C2)c1. The van der Waals surface area contributed by atoms with Gasteiger partial charge in [-0.25, -0.2) is 4.39 Å². The number of amides is 1. The summed E-state index contributed by atoms with van der Waals surface area (Å²) in [7, 11) is 0. The first-order valence-corrected chi connectivity index (χ1v) is 7.27. The summed E-state index contributed by atoms with van der Waals surface area (Å²) in [6.45, 7) is 5.93. The third-order valence-corrected chi connectivity index (χ3v) is 3.82. The van der Waals surface area contributed by atoms with Gasteiger partial charge in [-0.05, 0) is 49.3 Å². The summed E-state index contributed by atoms with van der Waals surface area (Å²) in [6, 6.07) is 4.94. The number of carbonyl (C=O) groups excluding carboxylic acids is 1. The van der Waals surface area contributed by atoms with Gasteiger partial charge >= 0.3 is 0 Å². The molecular weight excluding hydrogens is 255 g/mol. The van der Waals surface area contributed by atoms with Crippen molar-refractivity contribution in [2.24, 2.45) is 11.8 Å². The Morgan fingerprint density at radius 3 is 2.45 bits per heavy atom. The monoisotopic (exact) mass is 278 g/mol. The maximum atomic E-state index is 13.9. The van der Waals surface area contributed by atoms with E-state index >= 15 is 0 Å². The molecule has 1 amide bonds. The largest absolute Gasteiger partial charge is 0.380 e. The van der Waals surface area contributed by atoms with Crippen molar-refractivity contribution in [2.75, 3.05) is 10.6 Å². The van der Waals surface area contributed by atoms with Crippen molar-refractivity contribution in [1.29, 1.82) is 0 Å². The summed E-state index contributed by atoms with van der Waals surface area (Å²) in [6.07, 6.45) is 3.37. The average Bonchev–Trinajstić information content (AvgIpc) is 2.31. The molecule has 0 heterocycles. The first-order valence-electron chi connectivity index (χ1n) is 7.27. The lowest BCUT2D eigenvalue weighted by Gasteiger charge is -2.32. The van der Waals surface area contributed by atoms with Crippen LogP contribution in [0.25, 0.3) is 0 Å². The lowest BCUT2D eigenvalue weighted by molar-refractivity contribution is -0.114. The van der Waals surface area contributed by atoms with Crippen molar-refractivity contribution in [3.8, 4) is 0 Å². The van der Waals surface area contributed by atoms with E-state index in [0.717, 1.165) is 12.8 Å². The summed E-state index contributed by atoms with van der Waals surface area (Å²) in [5.74, 6) is 0.906. The molecule has 0 saturated heterocycles. The van der Waals surface area contributed by atoms with Crippen LogP contribution in [-0.4, -0.2) is 11.9 Å². The second-order valence-corrected chi connectivity index (χ2v) is 6.13. The molecule has 0 aromatic heterocycles. The minimum atomic E-state index is -0.273. The molecule has 110 valence electrons. The van der Waals surface area contributed by atoms with Crippen LogP contribution in [0, 0.1) is 17.7 Å². The molecule has 0 radical (unpaired) electrons. The minimum Gasteiger partial charge on any atom is -0.380 e. The number of benzene rings is 1. The molecule has 2 rings (SSSR count). The Balaban J connectivity index is 2.09. The number of rotatable bonds is 3. The second kappa shape index (κ2) is 6.25. The zero-order chi connectivity index (χ0) is 14.7. The molecule has 0 bridgehead atoms. The molecule has 1 aliphatic rings. The van der Waals surface area contributed by atoms with E-state index in [9.17, 15) is 9.18 Å². The van der Waals surface area contributed by atoms with Crippen LogP contribution in [0.3, 0.4) is 0 Å². The fourth-order valence-corrected chi connectivity index (χ4v) is 3.20. The highest BCUT2D eigenvalue weighted by Crippen LogP contribution is 2.31. The van der Waals surface area contributed by atoms with Gasteiger partial charge in [0.05, 0.1) is 5.69 Å². The predicted octanol–water partition coefficient (Wildman–Crippen LogP) is 4.02. The average molecular weight is 278 g/mol. The van der Waals surface area contributed by atoms with Crippen molar-refractivity contribution in [2.45, 2.75) is 46.1 Å². The van der Waals surface area contributed by atoms with Gasteiger partial charge in [0.2, 0.25) is 5.91 Å². The van der Waals surface area contributed by atoms with Crippen molar-refractivity contribution in [1.82, 2.24) is 0 Å². The van der Waals surface area contributed by atoms with Gasteiger partial charge in [-0.15, -0.1) is 0 Å². The molecule has 0 spiro atoms.